The largest absolute Gasteiger partial charge is 0.466 e. The van der Waals surface area contributed by atoms with Gasteiger partial charge in [0.1, 0.15) is 5.82 Å². The molecule has 7 nitrogen and oxygen atoms in total. The van der Waals surface area contributed by atoms with Crippen LogP contribution < -0.4 is 0 Å². The van der Waals surface area contributed by atoms with E-state index in [9.17, 15) is 27.2 Å². The van der Waals surface area contributed by atoms with E-state index < -0.39 is 55.0 Å². The topological polar surface area (TPSA) is 73.7 Å². The fourth-order valence-electron chi connectivity index (χ4n) is 6.84. The third-order valence-corrected chi connectivity index (χ3v) is 15.8. The molecular weight excluding hydrogens is 689 g/mol. The molecule has 0 radical (unpaired) electrons. The van der Waals surface area contributed by atoms with Gasteiger partial charge in [-0.1, -0.05) is 50.9 Å². The zero-order chi connectivity index (χ0) is 35.7. The first-order valence-electron chi connectivity index (χ1n) is 16.9. The van der Waals surface area contributed by atoms with Crippen molar-refractivity contribution in [3.63, 3.8) is 0 Å². The molecular formula is C34H47Cl2F4N3O4Si. The molecule has 1 amide bonds. The molecule has 1 heterocycles. The molecule has 2 saturated carbocycles. The van der Waals surface area contributed by atoms with Crippen molar-refractivity contribution in [2.75, 3.05) is 19.7 Å². The first-order chi connectivity index (χ1) is 22.4. The minimum absolute atomic E-state index is 0.0251. The molecule has 2 aromatic rings. The van der Waals surface area contributed by atoms with Crippen LogP contribution in [-0.4, -0.2) is 54.6 Å². The maximum atomic E-state index is 14.9. The Bertz CT molecular complexity index is 1440. The summed E-state index contributed by atoms with van der Waals surface area (Å²) in [6.45, 7) is 11.8. The van der Waals surface area contributed by atoms with Crippen LogP contribution in [0.25, 0.3) is 0 Å². The van der Waals surface area contributed by atoms with Crippen molar-refractivity contribution in [3.8, 4) is 0 Å². The van der Waals surface area contributed by atoms with Crippen molar-refractivity contribution in [2.24, 2.45) is 10.8 Å². The molecule has 2 aliphatic rings. The summed E-state index contributed by atoms with van der Waals surface area (Å²) < 4.78 is 71.9. The van der Waals surface area contributed by atoms with Crippen molar-refractivity contribution in [2.45, 2.75) is 117 Å². The smallest absolute Gasteiger partial charge is 0.433 e. The fraction of sp³-hybridized carbons (Fsp3) is 0.676. The number of halogens is 6. The van der Waals surface area contributed by atoms with E-state index >= 15 is 0 Å². The van der Waals surface area contributed by atoms with Crippen molar-refractivity contribution in [3.05, 3.63) is 51.0 Å². The molecule has 1 aromatic heterocycles. The van der Waals surface area contributed by atoms with Crippen molar-refractivity contribution in [1.29, 1.82) is 0 Å². The summed E-state index contributed by atoms with van der Waals surface area (Å²) in [5.41, 5.74) is -2.42. The standard InChI is InChI=1S/C34H47Cl2F4N3O4Si/c1-7-46-31(45)33(6)13-11-23(12-14-33)43-29(34(38,39)40)24(19-41-43)30(44)42(21-32(5)15-16-32)20-27(47-48(8-2,9-3)10-4)28-25(35)17-22(37)18-26(28)36/h17-19,23,27H,7-16,20-21H2,1-6H3/t23-,27?,33-. The maximum Gasteiger partial charge on any atom is 0.433 e. The van der Waals surface area contributed by atoms with Crippen LogP contribution in [-0.2, 0) is 20.1 Å². The molecule has 14 heteroatoms. The summed E-state index contributed by atoms with van der Waals surface area (Å²) in [5, 5.41) is 4.20. The lowest BCUT2D eigenvalue weighted by molar-refractivity contribution is -0.157. The molecule has 4 rings (SSSR count). The summed E-state index contributed by atoms with van der Waals surface area (Å²) in [4.78, 5) is 28.3. The van der Waals surface area contributed by atoms with Crippen LogP contribution in [0, 0.1) is 16.6 Å². The molecule has 48 heavy (non-hydrogen) atoms. The molecule has 0 bridgehead atoms. The first-order valence-corrected chi connectivity index (χ1v) is 20.2. The van der Waals surface area contributed by atoms with Crippen molar-refractivity contribution >= 4 is 43.4 Å². The number of alkyl halides is 3. The Balaban J connectivity index is 1.74. The molecule has 2 aliphatic carbocycles. The Kier molecular flexibility index (Phi) is 12.1. The van der Waals surface area contributed by atoms with E-state index in [1.54, 1.807) is 13.8 Å². The Morgan fingerprint density at radius 1 is 1.04 bits per heavy atom. The number of amides is 1. The van der Waals surface area contributed by atoms with Gasteiger partial charge in [-0.25, -0.2) is 4.39 Å². The molecule has 1 aromatic carbocycles. The highest BCUT2D eigenvalue weighted by Gasteiger charge is 2.47. The van der Waals surface area contributed by atoms with E-state index in [2.05, 4.69) is 5.10 Å². The number of esters is 1. The van der Waals surface area contributed by atoms with Gasteiger partial charge in [-0.3, -0.25) is 14.3 Å². The average molecular weight is 737 g/mol. The fourth-order valence-corrected chi connectivity index (χ4v) is 10.3. The minimum atomic E-state index is -4.88. The highest BCUT2D eigenvalue weighted by atomic mass is 35.5. The number of aromatic nitrogens is 2. The lowest BCUT2D eigenvalue weighted by Crippen LogP contribution is -2.44. The minimum Gasteiger partial charge on any atom is -0.466 e. The third-order valence-electron chi connectivity index (χ3n) is 10.5. The first kappa shape index (κ1) is 38.6. The molecule has 268 valence electrons. The van der Waals surface area contributed by atoms with Gasteiger partial charge < -0.3 is 14.1 Å². The Morgan fingerprint density at radius 2 is 1.60 bits per heavy atom. The highest BCUT2D eigenvalue weighted by Crippen LogP contribution is 2.48. The Hall–Kier alpha value is -2.15. The van der Waals surface area contributed by atoms with Crippen LogP contribution in [0.2, 0.25) is 28.2 Å². The predicted octanol–water partition coefficient (Wildman–Crippen LogP) is 10.0. The van der Waals surface area contributed by atoms with E-state index in [-0.39, 0.29) is 54.0 Å². The quantitative estimate of drug-likeness (QED) is 0.110. The number of nitrogens with zero attached hydrogens (tertiary/aromatic N) is 3. The molecule has 1 atom stereocenters. The van der Waals surface area contributed by atoms with Gasteiger partial charge in [0.05, 0.1) is 52.5 Å². The van der Waals surface area contributed by atoms with E-state index in [1.165, 1.54) is 4.90 Å². The zero-order valence-electron chi connectivity index (χ0n) is 28.6. The van der Waals surface area contributed by atoms with E-state index in [4.69, 9.17) is 32.4 Å². The molecule has 0 aliphatic heterocycles. The van der Waals surface area contributed by atoms with Crippen LogP contribution >= 0.6 is 23.2 Å². The predicted molar refractivity (Wildman–Crippen MR) is 180 cm³/mol. The lowest BCUT2D eigenvalue weighted by Gasteiger charge is -2.37. The highest BCUT2D eigenvalue weighted by molar-refractivity contribution is 6.73. The van der Waals surface area contributed by atoms with Gasteiger partial charge in [0.25, 0.3) is 5.91 Å². The van der Waals surface area contributed by atoms with Gasteiger partial charge in [0, 0.05) is 12.1 Å². The van der Waals surface area contributed by atoms with Gasteiger partial charge in [0.2, 0.25) is 0 Å². The molecule has 0 N–H and O–H groups in total. The SMILES string of the molecule is CCOC(=O)[C@]1(C)CC[C@@H](n2ncc(C(=O)N(CC(O[Si](CC)(CC)CC)c3c(Cl)cc(F)cc3Cl)CC3(C)CC3)c2C(F)(F)F)CC1. The monoisotopic (exact) mass is 735 g/mol. The van der Waals surface area contributed by atoms with E-state index in [0.717, 1.165) is 54.0 Å². The number of rotatable bonds is 14. The van der Waals surface area contributed by atoms with Crippen LogP contribution in [0.5, 0.6) is 0 Å². The number of carbonyl (C=O) groups is 2. The summed E-state index contributed by atoms with van der Waals surface area (Å²) in [6.07, 6.45) is -1.96. The molecule has 0 saturated heterocycles. The average Bonchev–Trinajstić information content (AvgIpc) is 3.57. The number of hydrogen-bond acceptors (Lipinski definition) is 5. The van der Waals surface area contributed by atoms with Gasteiger partial charge >= 0.3 is 12.1 Å². The van der Waals surface area contributed by atoms with Gasteiger partial charge in [-0.2, -0.15) is 18.3 Å². The second-order valence-corrected chi connectivity index (χ2v) is 19.5. The normalized spacial score (nSPS) is 21.5. The van der Waals surface area contributed by atoms with Crippen LogP contribution in [0.4, 0.5) is 17.6 Å². The number of benzene rings is 1. The number of carbonyl (C=O) groups excluding carboxylic acids is 2. The van der Waals surface area contributed by atoms with Gasteiger partial charge in [-0.15, -0.1) is 0 Å². The summed E-state index contributed by atoms with van der Waals surface area (Å²) in [6, 6.07) is 3.85. The number of hydrogen-bond donors (Lipinski definition) is 0. The summed E-state index contributed by atoms with van der Waals surface area (Å²) in [7, 11) is -2.41. The second-order valence-electron chi connectivity index (χ2n) is 14.0. The van der Waals surface area contributed by atoms with Crippen molar-refractivity contribution in [1.82, 2.24) is 14.7 Å². The van der Waals surface area contributed by atoms with E-state index in [0.29, 0.717) is 18.4 Å². The van der Waals surface area contributed by atoms with Crippen molar-refractivity contribution < 1.29 is 36.3 Å². The van der Waals surface area contributed by atoms with Crippen LogP contribution in [0.3, 0.4) is 0 Å². The Labute approximate surface area is 291 Å². The van der Waals surface area contributed by atoms with Gasteiger partial charge in [-0.05, 0) is 88.1 Å². The van der Waals surface area contributed by atoms with Crippen LogP contribution in [0.15, 0.2) is 18.3 Å². The van der Waals surface area contributed by atoms with Crippen LogP contribution in [0.1, 0.15) is 114 Å². The van der Waals surface area contributed by atoms with E-state index in [1.807, 2.05) is 27.7 Å². The lowest BCUT2D eigenvalue weighted by atomic mass is 9.74. The summed E-state index contributed by atoms with van der Waals surface area (Å²) >= 11 is 13.1. The molecule has 2 fully saturated rings. The zero-order valence-corrected chi connectivity index (χ0v) is 31.1. The molecule has 1 unspecified atom stereocenters. The number of ether oxygens (including phenoxy) is 1. The Morgan fingerprint density at radius 3 is 2.08 bits per heavy atom. The third kappa shape index (κ3) is 8.41. The molecule has 0 spiro atoms. The van der Waals surface area contributed by atoms with Gasteiger partial charge in [0.15, 0.2) is 14.0 Å². The summed E-state index contributed by atoms with van der Waals surface area (Å²) in [5.74, 6) is -1.82. The maximum absolute atomic E-state index is 14.9. The second kappa shape index (κ2) is 15.0.